The maximum Gasteiger partial charge on any atom is 0.419 e. The maximum atomic E-state index is 12.7. The van der Waals surface area contributed by atoms with Crippen LogP contribution in [0, 0.1) is 0 Å². The van der Waals surface area contributed by atoms with Crippen LogP contribution in [0.3, 0.4) is 0 Å². The Labute approximate surface area is 144 Å². The number of carbonyl (C=O) groups excluding carboxylic acids is 1. The van der Waals surface area contributed by atoms with Crippen molar-refractivity contribution in [3.05, 3.63) is 36.0 Å². The standard InChI is InChI=1S/C20H28N2O2/c1-20(2,3)24-19(23)22-17(12-11-16-9-6-7-13-21-16)14-15-8-4-5-10-18(15)22/h4-5,8,10,14,16,21H,6-7,9,11-13H2,1-3H3. The fourth-order valence-corrected chi connectivity index (χ4v) is 3.41. The summed E-state index contributed by atoms with van der Waals surface area (Å²) in [6.07, 6.45) is 5.45. The van der Waals surface area contributed by atoms with Gasteiger partial charge in [0.05, 0.1) is 5.52 Å². The first-order valence-corrected chi connectivity index (χ1v) is 9.00. The highest BCUT2D eigenvalue weighted by Gasteiger charge is 2.22. The first-order chi connectivity index (χ1) is 11.4. The normalized spacial score (nSPS) is 18.7. The molecule has 1 N–H and O–H groups in total. The number of hydrogen-bond donors (Lipinski definition) is 1. The van der Waals surface area contributed by atoms with Crippen molar-refractivity contribution < 1.29 is 9.53 Å². The Bertz CT molecular complexity index is 706. The van der Waals surface area contributed by atoms with Gasteiger partial charge in [0.15, 0.2) is 0 Å². The molecule has 3 rings (SSSR count). The number of aromatic nitrogens is 1. The second-order valence-corrected chi connectivity index (χ2v) is 7.70. The number of carbonyl (C=O) groups is 1. The van der Waals surface area contributed by atoms with Gasteiger partial charge in [-0.1, -0.05) is 24.6 Å². The Morgan fingerprint density at radius 3 is 2.79 bits per heavy atom. The smallest absolute Gasteiger partial charge is 0.419 e. The molecule has 0 amide bonds. The van der Waals surface area contributed by atoms with E-state index in [0.717, 1.165) is 36.0 Å². The predicted molar refractivity (Wildman–Crippen MR) is 97.5 cm³/mol. The van der Waals surface area contributed by atoms with Gasteiger partial charge >= 0.3 is 6.09 Å². The molecule has 1 aromatic heterocycles. The van der Waals surface area contributed by atoms with Crippen molar-refractivity contribution in [1.29, 1.82) is 0 Å². The molecule has 0 radical (unpaired) electrons. The molecular formula is C20H28N2O2. The number of fused-ring (bicyclic) bond motifs is 1. The molecule has 4 heteroatoms. The highest BCUT2D eigenvalue weighted by Crippen LogP contribution is 2.24. The van der Waals surface area contributed by atoms with Crippen molar-refractivity contribution in [3.63, 3.8) is 0 Å². The highest BCUT2D eigenvalue weighted by molar-refractivity contribution is 5.91. The van der Waals surface area contributed by atoms with Gasteiger partial charge in [0, 0.05) is 17.1 Å². The molecule has 0 bridgehead atoms. The fourth-order valence-electron chi connectivity index (χ4n) is 3.41. The topological polar surface area (TPSA) is 43.3 Å². The maximum absolute atomic E-state index is 12.7. The largest absolute Gasteiger partial charge is 0.443 e. The first-order valence-electron chi connectivity index (χ1n) is 9.00. The number of para-hydroxylation sites is 1. The lowest BCUT2D eigenvalue weighted by Crippen LogP contribution is -2.34. The van der Waals surface area contributed by atoms with Crippen molar-refractivity contribution in [3.8, 4) is 0 Å². The summed E-state index contributed by atoms with van der Waals surface area (Å²) in [5.74, 6) is 0. The van der Waals surface area contributed by atoms with E-state index in [1.807, 2.05) is 39.0 Å². The Morgan fingerprint density at radius 2 is 2.08 bits per heavy atom. The van der Waals surface area contributed by atoms with Crippen molar-refractivity contribution in [1.82, 2.24) is 9.88 Å². The summed E-state index contributed by atoms with van der Waals surface area (Å²) in [5, 5.41) is 4.68. The lowest BCUT2D eigenvalue weighted by atomic mass is 10.00. The van der Waals surface area contributed by atoms with E-state index in [1.165, 1.54) is 19.3 Å². The molecule has 130 valence electrons. The minimum Gasteiger partial charge on any atom is -0.443 e. The fraction of sp³-hybridized carbons (Fsp3) is 0.550. The van der Waals surface area contributed by atoms with E-state index >= 15 is 0 Å². The van der Waals surface area contributed by atoms with Crippen molar-refractivity contribution in [2.24, 2.45) is 0 Å². The van der Waals surface area contributed by atoms with Gasteiger partial charge in [0.25, 0.3) is 0 Å². The lowest BCUT2D eigenvalue weighted by molar-refractivity contribution is 0.0540. The molecule has 1 atom stereocenters. The zero-order valence-electron chi connectivity index (χ0n) is 15.0. The average molecular weight is 328 g/mol. The number of piperidine rings is 1. The molecule has 0 aliphatic carbocycles. The number of nitrogens with one attached hydrogen (secondary N) is 1. The van der Waals surface area contributed by atoms with Gasteiger partial charge < -0.3 is 10.1 Å². The number of hydrogen-bond acceptors (Lipinski definition) is 3. The summed E-state index contributed by atoms with van der Waals surface area (Å²) in [7, 11) is 0. The zero-order chi connectivity index (χ0) is 17.2. The van der Waals surface area contributed by atoms with Gasteiger partial charge in [-0.15, -0.1) is 0 Å². The molecule has 24 heavy (non-hydrogen) atoms. The Kier molecular flexibility index (Phi) is 4.95. The number of ether oxygens (including phenoxy) is 1. The quantitative estimate of drug-likeness (QED) is 0.902. The third-order valence-corrected chi connectivity index (χ3v) is 4.52. The van der Waals surface area contributed by atoms with Crippen molar-refractivity contribution in [2.45, 2.75) is 64.5 Å². The van der Waals surface area contributed by atoms with Crippen LogP contribution in [0.25, 0.3) is 10.9 Å². The molecule has 2 aromatic rings. The van der Waals surface area contributed by atoms with E-state index in [4.69, 9.17) is 4.74 Å². The molecule has 1 aliphatic heterocycles. The number of nitrogens with zero attached hydrogens (tertiary/aromatic N) is 1. The summed E-state index contributed by atoms with van der Waals surface area (Å²) in [6.45, 7) is 6.83. The second kappa shape index (κ2) is 6.98. The van der Waals surface area contributed by atoms with E-state index < -0.39 is 5.60 Å². The molecular weight excluding hydrogens is 300 g/mol. The Hall–Kier alpha value is -1.81. The van der Waals surface area contributed by atoms with Gasteiger partial charge in [0.1, 0.15) is 5.60 Å². The minimum atomic E-state index is -0.495. The average Bonchev–Trinajstić information content (AvgIpc) is 2.91. The molecule has 1 saturated heterocycles. The summed E-state index contributed by atoms with van der Waals surface area (Å²) in [5.41, 5.74) is 1.47. The summed E-state index contributed by atoms with van der Waals surface area (Å²) < 4.78 is 7.38. The van der Waals surface area contributed by atoms with Gasteiger partial charge in [-0.3, -0.25) is 0 Å². The summed E-state index contributed by atoms with van der Waals surface area (Å²) >= 11 is 0. The monoisotopic (exact) mass is 328 g/mol. The Morgan fingerprint density at radius 1 is 1.29 bits per heavy atom. The van der Waals surface area contributed by atoms with E-state index in [-0.39, 0.29) is 6.09 Å². The predicted octanol–water partition coefficient (Wildman–Crippen LogP) is 4.50. The molecule has 1 aliphatic rings. The highest BCUT2D eigenvalue weighted by atomic mass is 16.6. The number of benzene rings is 1. The Balaban J connectivity index is 1.85. The van der Waals surface area contributed by atoms with Crippen LogP contribution in [0.4, 0.5) is 4.79 Å². The zero-order valence-corrected chi connectivity index (χ0v) is 15.0. The number of aryl methyl sites for hydroxylation is 1. The van der Waals surface area contributed by atoms with Gasteiger partial charge in [-0.2, -0.15) is 0 Å². The molecule has 1 fully saturated rings. The van der Waals surface area contributed by atoms with Crippen LogP contribution in [-0.4, -0.2) is 28.8 Å². The van der Waals surface area contributed by atoms with Gasteiger partial charge in [-0.25, -0.2) is 9.36 Å². The van der Waals surface area contributed by atoms with Crippen LogP contribution >= 0.6 is 0 Å². The minimum absolute atomic E-state index is 0.282. The van der Waals surface area contributed by atoms with E-state index in [9.17, 15) is 4.79 Å². The SMILES string of the molecule is CC(C)(C)OC(=O)n1c(CCC2CCCCN2)cc2ccccc21. The molecule has 1 unspecified atom stereocenters. The van der Waals surface area contributed by atoms with Crippen LogP contribution < -0.4 is 5.32 Å². The molecule has 1 aromatic carbocycles. The van der Waals surface area contributed by atoms with Crippen LogP contribution in [0.2, 0.25) is 0 Å². The van der Waals surface area contributed by atoms with Crippen molar-refractivity contribution >= 4 is 17.0 Å². The van der Waals surface area contributed by atoms with Crippen LogP contribution in [0.1, 0.15) is 52.1 Å². The summed E-state index contributed by atoms with van der Waals surface area (Å²) in [4.78, 5) is 12.7. The van der Waals surface area contributed by atoms with Crippen LogP contribution in [0.5, 0.6) is 0 Å². The van der Waals surface area contributed by atoms with E-state index in [0.29, 0.717) is 6.04 Å². The number of rotatable bonds is 3. The van der Waals surface area contributed by atoms with Crippen LogP contribution in [-0.2, 0) is 11.2 Å². The third kappa shape index (κ3) is 3.99. The molecule has 0 saturated carbocycles. The summed E-state index contributed by atoms with van der Waals surface area (Å²) in [6, 6.07) is 10.7. The first kappa shape index (κ1) is 17.0. The van der Waals surface area contributed by atoms with Crippen LogP contribution in [0.15, 0.2) is 30.3 Å². The lowest BCUT2D eigenvalue weighted by Gasteiger charge is -2.24. The molecule has 2 heterocycles. The molecule has 4 nitrogen and oxygen atoms in total. The second-order valence-electron chi connectivity index (χ2n) is 7.70. The van der Waals surface area contributed by atoms with E-state index in [2.05, 4.69) is 17.4 Å². The van der Waals surface area contributed by atoms with Crippen molar-refractivity contribution in [2.75, 3.05) is 6.54 Å². The van der Waals surface area contributed by atoms with Gasteiger partial charge in [-0.05, 0) is 65.1 Å². The van der Waals surface area contributed by atoms with E-state index in [1.54, 1.807) is 4.57 Å². The third-order valence-electron chi connectivity index (χ3n) is 4.52. The van der Waals surface area contributed by atoms with Gasteiger partial charge in [0.2, 0.25) is 0 Å². The molecule has 0 spiro atoms.